The number of amides is 1. The zero-order chi connectivity index (χ0) is 20.6. The van der Waals surface area contributed by atoms with Crippen LogP contribution in [0.3, 0.4) is 0 Å². The quantitative estimate of drug-likeness (QED) is 0.675. The normalized spacial score (nSPS) is 12.1. The maximum Gasteiger partial charge on any atom is 0.310 e. The van der Waals surface area contributed by atoms with E-state index in [0.29, 0.717) is 36.2 Å². The summed E-state index contributed by atoms with van der Waals surface area (Å²) in [6.07, 6.45) is 0.0413. The number of esters is 1. The van der Waals surface area contributed by atoms with Crippen molar-refractivity contribution in [3.05, 3.63) is 47.5 Å². The van der Waals surface area contributed by atoms with Crippen molar-refractivity contribution in [2.45, 2.75) is 13.0 Å². The monoisotopic (exact) mass is 401 g/mol. The van der Waals surface area contributed by atoms with Crippen LogP contribution in [-0.2, 0) is 27.3 Å². The van der Waals surface area contributed by atoms with E-state index in [4.69, 9.17) is 23.7 Å². The van der Waals surface area contributed by atoms with Gasteiger partial charge in [-0.15, -0.1) is 0 Å². The van der Waals surface area contributed by atoms with E-state index in [0.717, 1.165) is 11.1 Å². The van der Waals surface area contributed by atoms with Crippen LogP contribution in [0.2, 0.25) is 0 Å². The van der Waals surface area contributed by atoms with Gasteiger partial charge >= 0.3 is 5.97 Å². The molecule has 154 valence electrons. The summed E-state index contributed by atoms with van der Waals surface area (Å²) in [5.74, 6) is 1.55. The van der Waals surface area contributed by atoms with E-state index in [2.05, 4.69) is 5.32 Å². The van der Waals surface area contributed by atoms with Crippen LogP contribution >= 0.6 is 0 Å². The number of hydrogen-bond donors (Lipinski definition) is 1. The topological polar surface area (TPSA) is 92.3 Å². The van der Waals surface area contributed by atoms with Gasteiger partial charge in [-0.05, 0) is 35.4 Å². The predicted octanol–water partition coefficient (Wildman–Crippen LogP) is 1.88. The third-order valence-corrected chi connectivity index (χ3v) is 4.26. The molecule has 1 aliphatic rings. The molecule has 1 aliphatic heterocycles. The molecule has 0 aliphatic carbocycles. The highest BCUT2D eigenvalue weighted by atomic mass is 16.6. The maximum absolute atomic E-state index is 12.0. The first-order valence-electron chi connectivity index (χ1n) is 9.11. The molecule has 0 spiro atoms. The minimum absolute atomic E-state index is 0.0413. The molecule has 2 aromatic carbocycles. The molecule has 0 fully saturated rings. The lowest BCUT2D eigenvalue weighted by molar-refractivity contribution is -0.147. The lowest BCUT2D eigenvalue weighted by atomic mass is 10.1. The molecule has 1 amide bonds. The maximum atomic E-state index is 12.0. The van der Waals surface area contributed by atoms with Crippen molar-refractivity contribution in [3.63, 3.8) is 0 Å². The largest absolute Gasteiger partial charge is 0.493 e. The minimum atomic E-state index is -0.497. The van der Waals surface area contributed by atoms with E-state index >= 15 is 0 Å². The Balaban J connectivity index is 1.44. The third kappa shape index (κ3) is 5.54. The van der Waals surface area contributed by atoms with Gasteiger partial charge in [-0.1, -0.05) is 12.1 Å². The summed E-state index contributed by atoms with van der Waals surface area (Å²) in [5.41, 5.74) is 1.56. The number of carbonyl (C=O) groups is 2. The fraction of sp³-hybridized carbons (Fsp3) is 0.333. The SMILES string of the molecule is COc1ccc(CNC(=O)COC(=O)Cc2ccc3c(c2)OCCO3)cc1OC. The Hall–Kier alpha value is -3.42. The summed E-state index contributed by atoms with van der Waals surface area (Å²) >= 11 is 0. The lowest BCUT2D eigenvalue weighted by Gasteiger charge is -2.18. The van der Waals surface area contributed by atoms with Crippen molar-refractivity contribution in [1.82, 2.24) is 5.32 Å². The highest BCUT2D eigenvalue weighted by molar-refractivity contribution is 5.81. The van der Waals surface area contributed by atoms with E-state index in [9.17, 15) is 9.59 Å². The molecule has 0 aromatic heterocycles. The Morgan fingerprint density at radius 2 is 1.66 bits per heavy atom. The van der Waals surface area contributed by atoms with Crippen LogP contribution in [0.15, 0.2) is 36.4 Å². The Morgan fingerprint density at radius 3 is 2.41 bits per heavy atom. The fourth-order valence-electron chi connectivity index (χ4n) is 2.80. The standard InChI is InChI=1S/C21H23NO7/c1-25-16-5-4-15(10-18(16)26-2)12-22-20(23)13-29-21(24)11-14-3-6-17-19(9-14)28-8-7-27-17/h3-6,9-10H,7-8,11-13H2,1-2H3,(H,22,23). The van der Waals surface area contributed by atoms with Gasteiger partial charge in [-0.25, -0.2) is 0 Å². The molecule has 0 bridgehead atoms. The first-order valence-corrected chi connectivity index (χ1v) is 9.11. The summed E-state index contributed by atoms with van der Waals surface area (Å²) in [4.78, 5) is 24.0. The Labute approximate surface area is 168 Å². The van der Waals surface area contributed by atoms with Gasteiger partial charge in [0.25, 0.3) is 5.91 Å². The van der Waals surface area contributed by atoms with E-state index in [1.54, 1.807) is 44.6 Å². The first-order chi connectivity index (χ1) is 14.1. The number of fused-ring (bicyclic) bond motifs is 1. The van der Waals surface area contributed by atoms with E-state index in [1.165, 1.54) is 0 Å². The Morgan fingerprint density at radius 1 is 0.931 bits per heavy atom. The average molecular weight is 401 g/mol. The van der Waals surface area contributed by atoms with Crippen LogP contribution in [0.4, 0.5) is 0 Å². The Kier molecular flexibility index (Phi) is 6.78. The summed E-state index contributed by atoms with van der Waals surface area (Å²) in [6.45, 7) is 0.906. The molecule has 2 aromatic rings. The van der Waals surface area contributed by atoms with Gasteiger partial charge in [0.05, 0.1) is 20.6 Å². The molecule has 8 heteroatoms. The van der Waals surface area contributed by atoms with Crippen LogP contribution in [0, 0.1) is 0 Å². The van der Waals surface area contributed by atoms with Gasteiger partial charge in [-0.3, -0.25) is 9.59 Å². The molecule has 0 unspecified atom stereocenters. The molecule has 1 N–H and O–H groups in total. The van der Waals surface area contributed by atoms with Crippen LogP contribution in [0.5, 0.6) is 23.0 Å². The van der Waals surface area contributed by atoms with Gasteiger partial charge < -0.3 is 29.0 Å². The molecule has 0 radical (unpaired) electrons. The van der Waals surface area contributed by atoms with Crippen molar-refractivity contribution in [2.24, 2.45) is 0 Å². The van der Waals surface area contributed by atoms with E-state index < -0.39 is 11.9 Å². The number of methoxy groups -OCH3 is 2. The van der Waals surface area contributed by atoms with Crippen LogP contribution < -0.4 is 24.3 Å². The van der Waals surface area contributed by atoms with Crippen LogP contribution in [0.25, 0.3) is 0 Å². The number of carbonyl (C=O) groups excluding carboxylic acids is 2. The predicted molar refractivity (Wildman–Crippen MR) is 103 cm³/mol. The highest BCUT2D eigenvalue weighted by Crippen LogP contribution is 2.31. The van der Waals surface area contributed by atoms with Gasteiger partial charge in [-0.2, -0.15) is 0 Å². The molecule has 1 heterocycles. The molecule has 0 saturated carbocycles. The zero-order valence-electron chi connectivity index (χ0n) is 16.4. The van der Waals surface area contributed by atoms with E-state index in [-0.39, 0.29) is 19.6 Å². The zero-order valence-corrected chi connectivity index (χ0v) is 16.4. The van der Waals surface area contributed by atoms with E-state index in [1.807, 2.05) is 6.07 Å². The van der Waals surface area contributed by atoms with Crippen molar-refractivity contribution < 1.29 is 33.3 Å². The average Bonchev–Trinajstić information content (AvgIpc) is 2.75. The summed E-state index contributed by atoms with van der Waals surface area (Å²) < 4.78 is 26.4. The molecule has 8 nitrogen and oxygen atoms in total. The molecular formula is C21H23NO7. The van der Waals surface area contributed by atoms with Crippen molar-refractivity contribution in [1.29, 1.82) is 0 Å². The van der Waals surface area contributed by atoms with Crippen LogP contribution in [-0.4, -0.2) is 45.9 Å². The lowest BCUT2D eigenvalue weighted by Crippen LogP contribution is -2.28. The van der Waals surface area contributed by atoms with Gasteiger partial charge in [0.1, 0.15) is 13.2 Å². The second-order valence-corrected chi connectivity index (χ2v) is 6.28. The highest BCUT2D eigenvalue weighted by Gasteiger charge is 2.14. The fourth-order valence-corrected chi connectivity index (χ4v) is 2.80. The minimum Gasteiger partial charge on any atom is -0.493 e. The van der Waals surface area contributed by atoms with Crippen LogP contribution in [0.1, 0.15) is 11.1 Å². The second-order valence-electron chi connectivity index (χ2n) is 6.28. The Bertz CT molecular complexity index is 881. The number of rotatable bonds is 8. The summed E-state index contributed by atoms with van der Waals surface area (Å²) in [6, 6.07) is 10.6. The van der Waals surface area contributed by atoms with Gasteiger partial charge in [0.15, 0.2) is 29.6 Å². The first kappa shape index (κ1) is 20.3. The smallest absolute Gasteiger partial charge is 0.310 e. The molecule has 0 atom stereocenters. The number of nitrogens with one attached hydrogen (secondary N) is 1. The summed E-state index contributed by atoms with van der Waals surface area (Å²) in [5, 5.41) is 2.70. The third-order valence-electron chi connectivity index (χ3n) is 4.26. The number of hydrogen-bond acceptors (Lipinski definition) is 7. The second kappa shape index (κ2) is 9.68. The van der Waals surface area contributed by atoms with Crippen molar-refractivity contribution in [2.75, 3.05) is 34.0 Å². The molecule has 29 heavy (non-hydrogen) atoms. The molecular weight excluding hydrogens is 378 g/mol. The summed E-state index contributed by atoms with van der Waals surface area (Å²) in [7, 11) is 3.10. The molecule has 0 saturated heterocycles. The number of ether oxygens (including phenoxy) is 5. The van der Waals surface area contributed by atoms with Gasteiger partial charge in [0.2, 0.25) is 0 Å². The van der Waals surface area contributed by atoms with Gasteiger partial charge in [0, 0.05) is 6.54 Å². The van der Waals surface area contributed by atoms with Crippen molar-refractivity contribution >= 4 is 11.9 Å². The molecule has 3 rings (SSSR count). The van der Waals surface area contributed by atoms with Crippen molar-refractivity contribution in [3.8, 4) is 23.0 Å². The number of benzene rings is 2.